The van der Waals surface area contributed by atoms with Crippen LogP contribution in [0, 0.1) is 0 Å². The van der Waals surface area contributed by atoms with E-state index in [1.54, 1.807) is 14.0 Å². The Morgan fingerprint density at radius 1 is 1.78 bits per heavy atom. The minimum absolute atomic E-state index is 0.0324. The number of nitrogens with one attached hydrogen (secondary N) is 1. The predicted octanol–water partition coefficient (Wildman–Crippen LogP) is -0.0902. The molecule has 1 rings (SSSR count). The predicted molar refractivity (Wildman–Crippen MR) is 33.0 cm³/mol. The Balaban J connectivity index is 2.53. The lowest BCUT2D eigenvalue weighted by Crippen LogP contribution is -2.33. The largest absolute Gasteiger partial charge is 0.357 e. The summed E-state index contributed by atoms with van der Waals surface area (Å²) in [6, 6.07) is 0. The number of likely N-dealkylation sites (N-methyl/N-ethyl adjacent to an activating group) is 1. The summed E-state index contributed by atoms with van der Waals surface area (Å²) in [6.45, 7) is 3.67. The third kappa shape index (κ3) is 0.812. The van der Waals surface area contributed by atoms with Crippen molar-refractivity contribution >= 4 is 5.91 Å². The molecule has 0 aromatic carbocycles. The summed E-state index contributed by atoms with van der Waals surface area (Å²) in [7, 11) is 1.61. The average molecular weight is 129 g/mol. The molecule has 1 aliphatic rings. The maximum atomic E-state index is 10.9. The van der Waals surface area contributed by atoms with Gasteiger partial charge < -0.3 is 10.1 Å². The number of hydrogen-bond donors (Lipinski definition) is 1. The maximum absolute atomic E-state index is 10.9. The molecule has 52 valence electrons. The Bertz CT molecular complexity index is 146. The van der Waals surface area contributed by atoms with E-state index in [4.69, 9.17) is 4.74 Å². The molecule has 0 saturated carbocycles. The van der Waals surface area contributed by atoms with Gasteiger partial charge in [-0.15, -0.1) is 0 Å². The van der Waals surface area contributed by atoms with Gasteiger partial charge in [-0.2, -0.15) is 0 Å². The summed E-state index contributed by atoms with van der Waals surface area (Å²) in [5, 5.41) is 2.53. The van der Waals surface area contributed by atoms with Gasteiger partial charge in [0.2, 0.25) is 0 Å². The number of rotatable bonds is 1. The van der Waals surface area contributed by atoms with Gasteiger partial charge in [-0.1, -0.05) is 0 Å². The van der Waals surface area contributed by atoms with E-state index >= 15 is 0 Å². The van der Waals surface area contributed by atoms with E-state index in [0.717, 1.165) is 0 Å². The first-order valence-electron chi connectivity index (χ1n) is 3.01. The van der Waals surface area contributed by atoms with E-state index in [1.807, 2.05) is 6.92 Å². The lowest BCUT2D eigenvalue weighted by molar-refractivity contribution is -0.125. The molecule has 0 aromatic heterocycles. The van der Waals surface area contributed by atoms with E-state index in [2.05, 4.69) is 5.32 Å². The van der Waals surface area contributed by atoms with E-state index in [0.29, 0.717) is 0 Å². The van der Waals surface area contributed by atoms with Gasteiger partial charge in [0.1, 0.15) is 0 Å². The van der Waals surface area contributed by atoms with Gasteiger partial charge >= 0.3 is 0 Å². The fourth-order valence-electron chi connectivity index (χ4n) is 0.820. The Kier molecular flexibility index (Phi) is 1.24. The highest BCUT2D eigenvalue weighted by Crippen LogP contribution is 2.35. The van der Waals surface area contributed by atoms with Crippen LogP contribution in [0.1, 0.15) is 13.8 Å². The van der Waals surface area contributed by atoms with Crippen LogP contribution in [0.5, 0.6) is 0 Å². The van der Waals surface area contributed by atoms with Crippen LogP contribution in [0.25, 0.3) is 0 Å². The Morgan fingerprint density at radius 2 is 2.22 bits per heavy atom. The molecule has 0 radical (unpaired) electrons. The van der Waals surface area contributed by atoms with Crippen molar-refractivity contribution in [3.05, 3.63) is 0 Å². The molecule has 1 saturated heterocycles. The molecule has 3 nitrogen and oxygen atoms in total. The van der Waals surface area contributed by atoms with Gasteiger partial charge in [-0.3, -0.25) is 4.79 Å². The first-order chi connectivity index (χ1) is 4.11. The molecule has 1 amide bonds. The van der Waals surface area contributed by atoms with Crippen molar-refractivity contribution in [3.8, 4) is 0 Å². The zero-order chi connectivity index (χ0) is 7.07. The van der Waals surface area contributed by atoms with Gasteiger partial charge in [0.05, 0.1) is 6.10 Å². The summed E-state index contributed by atoms with van der Waals surface area (Å²) in [5.41, 5.74) is -0.533. The molecule has 1 fully saturated rings. The Morgan fingerprint density at radius 3 is 2.33 bits per heavy atom. The molecule has 1 heterocycles. The molecule has 2 unspecified atom stereocenters. The van der Waals surface area contributed by atoms with Gasteiger partial charge in [0.25, 0.3) is 5.91 Å². The number of epoxide rings is 1. The quantitative estimate of drug-likeness (QED) is 0.503. The summed E-state index contributed by atoms with van der Waals surface area (Å²) in [4.78, 5) is 10.9. The second kappa shape index (κ2) is 1.70. The lowest BCUT2D eigenvalue weighted by atomic mass is 10.1. The van der Waals surface area contributed by atoms with Crippen LogP contribution in [-0.2, 0) is 9.53 Å². The molecule has 1 aliphatic heterocycles. The summed E-state index contributed by atoms with van der Waals surface area (Å²) in [6.07, 6.45) is 0.0810. The minimum atomic E-state index is -0.533. The monoisotopic (exact) mass is 129 g/mol. The number of amides is 1. The van der Waals surface area contributed by atoms with Crippen LogP contribution in [0.15, 0.2) is 0 Å². The molecule has 1 N–H and O–H groups in total. The average Bonchev–Trinajstić information content (AvgIpc) is 2.41. The molecule has 0 aliphatic carbocycles. The van der Waals surface area contributed by atoms with Crippen LogP contribution in [0.2, 0.25) is 0 Å². The van der Waals surface area contributed by atoms with Crippen molar-refractivity contribution in [2.24, 2.45) is 0 Å². The summed E-state index contributed by atoms with van der Waals surface area (Å²) >= 11 is 0. The Labute approximate surface area is 54.4 Å². The molecule has 0 aromatic rings. The highest BCUT2D eigenvalue weighted by molar-refractivity contribution is 5.87. The summed E-state index contributed by atoms with van der Waals surface area (Å²) < 4.78 is 5.04. The molecule has 9 heavy (non-hydrogen) atoms. The lowest BCUT2D eigenvalue weighted by Gasteiger charge is -2.00. The van der Waals surface area contributed by atoms with E-state index in [1.165, 1.54) is 0 Å². The number of hydrogen-bond acceptors (Lipinski definition) is 2. The van der Waals surface area contributed by atoms with Crippen molar-refractivity contribution in [1.29, 1.82) is 0 Å². The van der Waals surface area contributed by atoms with Crippen LogP contribution >= 0.6 is 0 Å². The Hall–Kier alpha value is -0.570. The van der Waals surface area contributed by atoms with Crippen LogP contribution in [0.3, 0.4) is 0 Å². The van der Waals surface area contributed by atoms with Crippen molar-refractivity contribution in [1.82, 2.24) is 5.32 Å². The number of ether oxygens (including phenoxy) is 1. The van der Waals surface area contributed by atoms with Crippen LogP contribution < -0.4 is 5.32 Å². The summed E-state index contributed by atoms with van der Waals surface area (Å²) in [5.74, 6) is -0.0324. The number of carbonyl (C=O) groups is 1. The SMILES string of the molecule is CNC(=O)C1(C)OC1C. The zero-order valence-electron chi connectivity index (χ0n) is 5.89. The minimum Gasteiger partial charge on any atom is -0.357 e. The highest BCUT2D eigenvalue weighted by Gasteiger charge is 2.55. The van der Waals surface area contributed by atoms with Crippen molar-refractivity contribution in [2.45, 2.75) is 25.6 Å². The second-order valence-electron chi connectivity index (χ2n) is 2.45. The van der Waals surface area contributed by atoms with Gasteiger partial charge in [0, 0.05) is 7.05 Å². The van der Waals surface area contributed by atoms with Crippen molar-refractivity contribution < 1.29 is 9.53 Å². The second-order valence-corrected chi connectivity index (χ2v) is 2.45. The molecular weight excluding hydrogens is 118 g/mol. The molecule has 0 spiro atoms. The van der Waals surface area contributed by atoms with Crippen molar-refractivity contribution in [3.63, 3.8) is 0 Å². The van der Waals surface area contributed by atoms with Gasteiger partial charge in [-0.25, -0.2) is 0 Å². The molecule has 0 bridgehead atoms. The van der Waals surface area contributed by atoms with E-state index < -0.39 is 5.60 Å². The molecule has 2 atom stereocenters. The normalized spacial score (nSPS) is 40.1. The van der Waals surface area contributed by atoms with E-state index in [-0.39, 0.29) is 12.0 Å². The third-order valence-corrected chi connectivity index (χ3v) is 1.82. The number of carbonyl (C=O) groups excluding carboxylic acids is 1. The zero-order valence-corrected chi connectivity index (χ0v) is 5.89. The first-order valence-corrected chi connectivity index (χ1v) is 3.01. The first kappa shape index (κ1) is 6.55. The topological polar surface area (TPSA) is 41.6 Å². The van der Waals surface area contributed by atoms with Gasteiger partial charge in [-0.05, 0) is 13.8 Å². The van der Waals surface area contributed by atoms with Crippen LogP contribution in [0.4, 0.5) is 0 Å². The standard InChI is InChI=1S/C6H11NO2/c1-4-6(2,9-4)5(8)7-3/h4H,1-3H3,(H,7,8). The molecule has 3 heteroatoms. The molecular formula is C6H11NO2. The highest BCUT2D eigenvalue weighted by atomic mass is 16.6. The third-order valence-electron chi connectivity index (χ3n) is 1.82. The fraction of sp³-hybridized carbons (Fsp3) is 0.833. The van der Waals surface area contributed by atoms with E-state index in [9.17, 15) is 4.79 Å². The van der Waals surface area contributed by atoms with Crippen LogP contribution in [-0.4, -0.2) is 24.7 Å². The maximum Gasteiger partial charge on any atom is 0.254 e. The van der Waals surface area contributed by atoms with Crippen molar-refractivity contribution in [2.75, 3.05) is 7.05 Å². The fourth-order valence-corrected chi connectivity index (χ4v) is 0.820. The van der Waals surface area contributed by atoms with Gasteiger partial charge in [0.15, 0.2) is 5.60 Å². The smallest absolute Gasteiger partial charge is 0.254 e.